The van der Waals surface area contributed by atoms with Gasteiger partial charge >= 0.3 is 0 Å². The van der Waals surface area contributed by atoms with Gasteiger partial charge in [0.15, 0.2) is 5.69 Å². The summed E-state index contributed by atoms with van der Waals surface area (Å²) >= 11 is 6.15. The highest BCUT2D eigenvalue weighted by atomic mass is 35.5. The summed E-state index contributed by atoms with van der Waals surface area (Å²) in [6.07, 6.45) is 0. The Balaban J connectivity index is 1.58. The molecule has 3 aromatic rings. The van der Waals surface area contributed by atoms with Crippen molar-refractivity contribution in [2.75, 3.05) is 31.1 Å². The second-order valence-corrected chi connectivity index (χ2v) is 7.47. The summed E-state index contributed by atoms with van der Waals surface area (Å²) in [5.41, 5.74) is 2.39. The van der Waals surface area contributed by atoms with Gasteiger partial charge in [0.05, 0.1) is 5.39 Å². The van der Waals surface area contributed by atoms with Gasteiger partial charge in [-0.25, -0.2) is 4.68 Å². The molecule has 7 heteroatoms. The lowest BCUT2D eigenvalue weighted by molar-refractivity contribution is 0.0740. The molecule has 0 aliphatic carbocycles. The maximum atomic E-state index is 13.1. The van der Waals surface area contributed by atoms with Crippen LogP contribution in [-0.4, -0.2) is 46.8 Å². The molecule has 4 rings (SSSR count). The molecule has 1 saturated heterocycles. The third-order valence-corrected chi connectivity index (χ3v) is 5.47. The van der Waals surface area contributed by atoms with Crippen LogP contribution in [0.25, 0.3) is 10.8 Å². The molecular weight excluding hydrogens is 376 g/mol. The number of aryl methyl sites for hydroxylation is 2. The average Bonchev–Trinajstić information content (AvgIpc) is 2.72. The molecule has 0 atom stereocenters. The number of aromatic nitrogens is 2. The number of halogens is 1. The Kier molecular flexibility index (Phi) is 4.81. The number of benzene rings is 2. The highest BCUT2D eigenvalue weighted by Crippen LogP contribution is 2.26. The Labute approximate surface area is 167 Å². The zero-order chi connectivity index (χ0) is 19.8. The number of nitrogens with zero attached hydrogens (tertiary/aromatic N) is 4. The predicted octanol–water partition coefficient (Wildman–Crippen LogP) is 2.86. The van der Waals surface area contributed by atoms with Crippen molar-refractivity contribution in [1.82, 2.24) is 14.7 Å². The molecule has 28 heavy (non-hydrogen) atoms. The lowest BCUT2D eigenvalue weighted by Gasteiger charge is -2.36. The Morgan fingerprint density at radius 2 is 1.71 bits per heavy atom. The summed E-state index contributed by atoms with van der Waals surface area (Å²) in [6, 6.07) is 13.0. The van der Waals surface area contributed by atoms with Gasteiger partial charge in [0, 0.05) is 49.3 Å². The Hall–Kier alpha value is -2.86. The van der Waals surface area contributed by atoms with Crippen molar-refractivity contribution in [3.63, 3.8) is 0 Å². The van der Waals surface area contributed by atoms with E-state index in [1.165, 1.54) is 4.68 Å². The van der Waals surface area contributed by atoms with Gasteiger partial charge in [0.2, 0.25) is 0 Å². The number of piperazine rings is 1. The fourth-order valence-electron chi connectivity index (χ4n) is 3.68. The van der Waals surface area contributed by atoms with Gasteiger partial charge in [-0.2, -0.15) is 5.10 Å². The zero-order valence-electron chi connectivity index (χ0n) is 15.9. The van der Waals surface area contributed by atoms with E-state index in [4.69, 9.17) is 11.6 Å². The molecule has 0 radical (unpaired) electrons. The van der Waals surface area contributed by atoms with Crippen molar-refractivity contribution in [3.8, 4) is 0 Å². The fourth-order valence-corrected chi connectivity index (χ4v) is 3.85. The minimum absolute atomic E-state index is 0.144. The zero-order valence-corrected chi connectivity index (χ0v) is 16.6. The van der Waals surface area contributed by atoms with Crippen LogP contribution in [0.2, 0.25) is 5.02 Å². The van der Waals surface area contributed by atoms with E-state index in [0.29, 0.717) is 34.6 Å². The predicted molar refractivity (Wildman–Crippen MR) is 111 cm³/mol. The summed E-state index contributed by atoms with van der Waals surface area (Å²) in [4.78, 5) is 29.5. The number of hydrogen-bond donors (Lipinski definition) is 0. The molecule has 0 spiro atoms. The van der Waals surface area contributed by atoms with Crippen LogP contribution >= 0.6 is 11.6 Å². The minimum atomic E-state index is -0.201. The van der Waals surface area contributed by atoms with E-state index in [0.717, 1.165) is 24.3 Å². The topological polar surface area (TPSA) is 58.4 Å². The Morgan fingerprint density at radius 1 is 1.04 bits per heavy atom. The van der Waals surface area contributed by atoms with Crippen LogP contribution < -0.4 is 10.5 Å². The third-order valence-electron chi connectivity index (χ3n) is 5.24. The molecule has 1 aliphatic heterocycles. The maximum Gasteiger partial charge on any atom is 0.275 e. The maximum absolute atomic E-state index is 13.1. The summed E-state index contributed by atoms with van der Waals surface area (Å²) < 4.78 is 1.24. The molecule has 2 heterocycles. The quantitative estimate of drug-likeness (QED) is 0.668. The largest absolute Gasteiger partial charge is 0.368 e. The molecular formula is C21H21ClN4O2. The van der Waals surface area contributed by atoms with E-state index in [1.807, 2.05) is 24.3 Å². The van der Waals surface area contributed by atoms with Crippen molar-refractivity contribution in [2.24, 2.45) is 7.05 Å². The smallest absolute Gasteiger partial charge is 0.275 e. The van der Waals surface area contributed by atoms with Gasteiger partial charge in [0.1, 0.15) is 0 Å². The number of carbonyl (C=O) groups excluding carboxylic acids is 1. The number of anilines is 1. The molecule has 0 N–H and O–H groups in total. The number of amides is 1. The monoisotopic (exact) mass is 396 g/mol. The molecule has 1 aliphatic rings. The molecule has 0 bridgehead atoms. The van der Waals surface area contributed by atoms with Crippen molar-refractivity contribution in [3.05, 3.63) is 69.1 Å². The molecule has 6 nitrogen and oxygen atoms in total. The van der Waals surface area contributed by atoms with E-state index >= 15 is 0 Å². The normalized spacial score (nSPS) is 14.5. The van der Waals surface area contributed by atoms with Crippen LogP contribution in [-0.2, 0) is 7.05 Å². The number of carbonyl (C=O) groups is 1. The average molecular weight is 397 g/mol. The summed E-state index contributed by atoms with van der Waals surface area (Å²) in [5, 5.41) is 6.08. The molecule has 1 fully saturated rings. The summed E-state index contributed by atoms with van der Waals surface area (Å²) in [7, 11) is 1.57. The van der Waals surface area contributed by atoms with E-state index in [-0.39, 0.29) is 11.5 Å². The van der Waals surface area contributed by atoms with Crippen molar-refractivity contribution in [1.29, 1.82) is 0 Å². The first-order valence-electron chi connectivity index (χ1n) is 9.22. The van der Waals surface area contributed by atoms with Gasteiger partial charge in [-0.15, -0.1) is 0 Å². The number of fused-ring (bicyclic) bond motifs is 1. The van der Waals surface area contributed by atoms with Crippen LogP contribution in [0.4, 0.5) is 5.69 Å². The van der Waals surface area contributed by atoms with Gasteiger partial charge in [-0.05, 0) is 30.7 Å². The van der Waals surface area contributed by atoms with Gasteiger partial charge in [0.25, 0.3) is 11.5 Å². The summed E-state index contributed by atoms with van der Waals surface area (Å²) in [6.45, 7) is 4.67. The second-order valence-electron chi connectivity index (χ2n) is 7.03. The molecule has 144 valence electrons. The van der Waals surface area contributed by atoms with Crippen LogP contribution in [0.15, 0.2) is 47.3 Å². The van der Waals surface area contributed by atoms with Crippen LogP contribution in [0.1, 0.15) is 16.1 Å². The first-order chi connectivity index (χ1) is 13.5. The molecule has 1 aromatic heterocycles. The SMILES string of the molecule is Cc1ccc(Cl)cc1N1CCN(C(=O)c2nn(C)c(=O)c3ccccc23)CC1. The second kappa shape index (κ2) is 7.28. The van der Waals surface area contributed by atoms with E-state index < -0.39 is 0 Å². The van der Waals surface area contributed by atoms with E-state index in [1.54, 1.807) is 30.1 Å². The van der Waals surface area contributed by atoms with Crippen molar-refractivity contribution in [2.45, 2.75) is 6.92 Å². The minimum Gasteiger partial charge on any atom is -0.368 e. The molecule has 0 unspecified atom stereocenters. The van der Waals surface area contributed by atoms with Crippen LogP contribution in [0, 0.1) is 6.92 Å². The van der Waals surface area contributed by atoms with E-state index in [9.17, 15) is 9.59 Å². The van der Waals surface area contributed by atoms with Crippen molar-refractivity contribution < 1.29 is 4.79 Å². The van der Waals surface area contributed by atoms with Gasteiger partial charge in [-0.3, -0.25) is 9.59 Å². The van der Waals surface area contributed by atoms with Gasteiger partial charge < -0.3 is 9.80 Å². The standard InChI is InChI=1S/C21H21ClN4O2/c1-14-7-8-15(22)13-18(14)25-9-11-26(12-10-25)21(28)19-16-5-3-4-6-17(16)20(27)24(2)23-19/h3-8,13H,9-12H2,1-2H3. The third kappa shape index (κ3) is 3.24. The van der Waals surface area contributed by atoms with Crippen molar-refractivity contribution >= 4 is 34.0 Å². The lowest BCUT2D eigenvalue weighted by atomic mass is 10.1. The number of rotatable bonds is 2. The first kappa shape index (κ1) is 18.5. The molecule has 1 amide bonds. The number of hydrogen-bond acceptors (Lipinski definition) is 4. The molecule has 2 aromatic carbocycles. The Morgan fingerprint density at radius 3 is 2.43 bits per heavy atom. The first-order valence-corrected chi connectivity index (χ1v) is 9.60. The van der Waals surface area contributed by atoms with Gasteiger partial charge in [-0.1, -0.05) is 35.9 Å². The van der Waals surface area contributed by atoms with Crippen LogP contribution in [0.5, 0.6) is 0 Å². The highest BCUT2D eigenvalue weighted by Gasteiger charge is 2.26. The van der Waals surface area contributed by atoms with Crippen LogP contribution in [0.3, 0.4) is 0 Å². The van der Waals surface area contributed by atoms with E-state index in [2.05, 4.69) is 16.9 Å². The summed E-state index contributed by atoms with van der Waals surface area (Å²) in [5.74, 6) is -0.144. The highest BCUT2D eigenvalue weighted by molar-refractivity contribution is 6.30. The fraction of sp³-hybridized carbons (Fsp3) is 0.286. The lowest BCUT2D eigenvalue weighted by Crippen LogP contribution is -2.49. The molecule has 0 saturated carbocycles. The Bertz CT molecular complexity index is 1120.